The zero-order chi connectivity index (χ0) is 19.4. The van der Waals surface area contributed by atoms with E-state index in [4.69, 9.17) is 11.2 Å². The molecule has 0 atom stereocenters. The van der Waals surface area contributed by atoms with Gasteiger partial charge in [-0.25, -0.2) is 4.39 Å². The lowest BCUT2D eigenvalue weighted by molar-refractivity contribution is -0.122. The Bertz CT molecular complexity index is 983. The van der Waals surface area contributed by atoms with Gasteiger partial charge in [0.15, 0.2) is 0 Å². The molecule has 1 saturated heterocycles. The number of halogens is 2. The molecule has 0 aromatic heterocycles. The predicted molar refractivity (Wildman–Crippen MR) is 106 cm³/mol. The quantitative estimate of drug-likeness (QED) is 0.488. The Balaban J connectivity index is 1.72. The number of terminal acetylenes is 1. The molecule has 1 fully saturated rings. The maximum absolute atomic E-state index is 13.2. The number of imide groups is 1. The Labute approximate surface area is 168 Å². The fourth-order valence-electron chi connectivity index (χ4n) is 2.39. The summed E-state index contributed by atoms with van der Waals surface area (Å²) < 4.78 is 19.6. The predicted octanol–water partition coefficient (Wildman–Crippen LogP) is 4.84. The fraction of sp³-hybridized carbons (Fsp3) is 0.100. The molecule has 0 bridgehead atoms. The summed E-state index contributed by atoms with van der Waals surface area (Å²) in [6.45, 7) is 0.180. The lowest BCUT2D eigenvalue weighted by atomic mass is 10.2. The van der Waals surface area contributed by atoms with Crippen molar-refractivity contribution in [2.75, 3.05) is 6.54 Å². The molecule has 7 heteroatoms. The van der Waals surface area contributed by atoms with Crippen molar-refractivity contribution in [3.8, 4) is 18.1 Å². The third-order valence-corrected chi connectivity index (χ3v) is 5.19. The zero-order valence-electron chi connectivity index (χ0n) is 13.9. The van der Waals surface area contributed by atoms with Crippen LogP contribution in [0.4, 0.5) is 9.18 Å². The first-order valence-corrected chi connectivity index (χ1v) is 9.44. The Morgan fingerprint density at radius 3 is 2.78 bits per heavy atom. The number of carbonyl (C=O) groups excluding carboxylic acids is 2. The van der Waals surface area contributed by atoms with Crippen LogP contribution in [-0.4, -0.2) is 22.6 Å². The second kappa shape index (κ2) is 8.42. The number of amides is 2. The van der Waals surface area contributed by atoms with Gasteiger partial charge in [0.1, 0.15) is 18.2 Å². The summed E-state index contributed by atoms with van der Waals surface area (Å²) in [6, 6.07) is 11.5. The van der Waals surface area contributed by atoms with Crippen molar-refractivity contribution in [2.24, 2.45) is 0 Å². The molecular formula is C20H13BrFNO3S. The molecule has 0 saturated carbocycles. The van der Waals surface area contributed by atoms with Crippen LogP contribution in [0, 0.1) is 18.2 Å². The van der Waals surface area contributed by atoms with Gasteiger partial charge >= 0.3 is 0 Å². The minimum absolute atomic E-state index is 0.0431. The van der Waals surface area contributed by atoms with Crippen LogP contribution in [0.5, 0.6) is 5.75 Å². The van der Waals surface area contributed by atoms with Crippen LogP contribution in [-0.2, 0) is 11.4 Å². The van der Waals surface area contributed by atoms with Crippen molar-refractivity contribution in [2.45, 2.75) is 6.61 Å². The molecule has 2 aromatic carbocycles. The van der Waals surface area contributed by atoms with E-state index in [0.717, 1.165) is 22.2 Å². The Hall–Kier alpha value is -2.56. The van der Waals surface area contributed by atoms with Crippen molar-refractivity contribution in [3.05, 3.63) is 68.8 Å². The Morgan fingerprint density at radius 1 is 1.26 bits per heavy atom. The summed E-state index contributed by atoms with van der Waals surface area (Å²) in [6.07, 6.45) is 6.81. The second-order valence-electron chi connectivity index (χ2n) is 5.58. The van der Waals surface area contributed by atoms with Crippen molar-refractivity contribution < 1.29 is 18.7 Å². The van der Waals surface area contributed by atoms with E-state index < -0.39 is 5.91 Å². The van der Waals surface area contributed by atoms with Crippen molar-refractivity contribution >= 4 is 44.9 Å². The molecule has 1 heterocycles. The van der Waals surface area contributed by atoms with Gasteiger partial charge in [0, 0.05) is 0 Å². The van der Waals surface area contributed by atoms with E-state index >= 15 is 0 Å². The van der Waals surface area contributed by atoms with E-state index in [1.165, 1.54) is 12.1 Å². The summed E-state index contributed by atoms with van der Waals surface area (Å²) in [5, 5.41) is -0.377. The number of rotatable bonds is 5. The van der Waals surface area contributed by atoms with Gasteiger partial charge in [0.25, 0.3) is 11.1 Å². The Morgan fingerprint density at radius 2 is 2.07 bits per heavy atom. The first-order chi connectivity index (χ1) is 13.0. The minimum Gasteiger partial charge on any atom is -0.488 e. The first-order valence-electron chi connectivity index (χ1n) is 7.83. The molecule has 2 amide bonds. The SMILES string of the molecule is C#CCN1C(=O)S/C(=C/c2ccc(OCc3cccc(F)c3)c(Br)c2)C1=O. The van der Waals surface area contributed by atoms with Gasteiger partial charge in [0.2, 0.25) is 0 Å². The third-order valence-electron chi connectivity index (χ3n) is 3.66. The van der Waals surface area contributed by atoms with E-state index in [2.05, 4.69) is 21.9 Å². The molecule has 4 nitrogen and oxygen atoms in total. The molecule has 136 valence electrons. The van der Waals surface area contributed by atoms with Crippen molar-refractivity contribution in [3.63, 3.8) is 0 Å². The number of nitrogens with zero attached hydrogens (tertiary/aromatic N) is 1. The molecule has 0 N–H and O–H groups in total. The molecule has 1 aliphatic heterocycles. The van der Waals surface area contributed by atoms with E-state index in [9.17, 15) is 14.0 Å². The number of hydrogen-bond donors (Lipinski definition) is 0. The third kappa shape index (κ3) is 4.59. The maximum Gasteiger partial charge on any atom is 0.294 e. The van der Waals surface area contributed by atoms with Crippen LogP contribution in [0.15, 0.2) is 51.8 Å². The van der Waals surface area contributed by atoms with Gasteiger partial charge < -0.3 is 4.74 Å². The van der Waals surface area contributed by atoms with E-state index in [1.54, 1.807) is 36.4 Å². The maximum atomic E-state index is 13.2. The van der Waals surface area contributed by atoms with Crippen LogP contribution in [0.1, 0.15) is 11.1 Å². The summed E-state index contributed by atoms with van der Waals surface area (Å²) in [7, 11) is 0. The number of ether oxygens (including phenoxy) is 1. The van der Waals surface area contributed by atoms with Crippen molar-refractivity contribution in [1.29, 1.82) is 0 Å². The highest BCUT2D eigenvalue weighted by atomic mass is 79.9. The molecule has 0 spiro atoms. The molecule has 27 heavy (non-hydrogen) atoms. The standard InChI is InChI=1S/C20H13BrFNO3S/c1-2-8-23-19(24)18(27-20(23)25)11-13-6-7-17(16(21)10-13)26-12-14-4-3-5-15(22)9-14/h1,3-7,9-11H,8,12H2/b18-11+. The lowest BCUT2D eigenvalue weighted by Crippen LogP contribution is -2.28. The topological polar surface area (TPSA) is 46.6 Å². The molecule has 0 unspecified atom stereocenters. The van der Waals surface area contributed by atoms with Gasteiger partial charge in [0.05, 0.1) is 15.9 Å². The lowest BCUT2D eigenvalue weighted by Gasteiger charge is -2.09. The van der Waals surface area contributed by atoms with Gasteiger partial charge in [-0.2, -0.15) is 0 Å². The Kier molecular flexibility index (Phi) is 5.99. The fourth-order valence-corrected chi connectivity index (χ4v) is 3.74. The summed E-state index contributed by atoms with van der Waals surface area (Å²) in [5.41, 5.74) is 1.44. The van der Waals surface area contributed by atoms with Gasteiger partial charge in [-0.3, -0.25) is 14.5 Å². The average Bonchev–Trinajstić information content (AvgIpc) is 2.89. The highest BCUT2D eigenvalue weighted by Crippen LogP contribution is 2.33. The molecule has 1 aliphatic rings. The highest BCUT2D eigenvalue weighted by molar-refractivity contribution is 9.10. The molecular weight excluding hydrogens is 433 g/mol. The van der Waals surface area contributed by atoms with Gasteiger partial charge in [-0.1, -0.05) is 24.1 Å². The normalized spacial score (nSPS) is 15.3. The number of carbonyl (C=O) groups is 2. The second-order valence-corrected chi connectivity index (χ2v) is 7.43. The smallest absolute Gasteiger partial charge is 0.294 e. The molecule has 3 rings (SSSR count). The van der Waals surface area contributed by atoms with Crippen LogP contribution < -0.4 is 4.74 Å². The highest BCUT2D eigenvalue weighted by Gasteiger charge is 2.34. The van der Waals surface area contributed by atoms with Crippen molar-refractivity contribution in [1.82, 2.24) is 4.90 Å². The average molecular weight is 446 g/mol. The van der Waals surface area contributed by atoms with Crippen LogP contribution in [0.25, 0.3) is 6.08 Å². The molecule has 0 aliphatic carbocycles. The van der Waals surface area contributed by atoms with E-state index in [1.807, 2.05) is 0 Å². The monoisotopic (exact) mass is 445 g/mol. The largest absolute Gasteiger partial charge is 0.488 e. The summed E-state index contributed by atoms with van der Waals surface area (Å²) in [5.74, 6) is 2.17. The van der Waals surface area contributed by atoms with Crippen LogP contribution >= 0.6 is 27.7 Å². The van der Waals surface area contributed by atoms with Crippen LogP contribution in [0.2, 0.25) is 0 Å². The number of thioether (sulfide) groups is 1. The van der Waals surface area contributed by atoms with E-state index in [0.29, 0.717) is 20.7 Å². The van der Waals surface area contributed by atoms with Gasteiger partial charge in [-0.05, 0) is 69.2 Å². The summed E-state index contributed by atoms with van der Waals surface area (Å²) >= 11 is 4.28. The van der Waals surface area contributed by atoms with Gasteiger partial charge in [-0.15, -0.1) is 6.42 Å². The molecule has 2 aromatic rings. The molecule has 0 radical (unpaired) electrons. The first kappa shape index (κ1) is 19.2. The number of hydrogen-bond acceptors (Lipinski definition) is 4. The van der Waals surface area contributed by atoms with Crippen LogP contribution in [0.3, 0.4) is 0 Å². The number of benzene rings is 2. The minimum atomic E-state index is -0.398. The van der Waals surface area contributed by atoms with E-state index in [-0.39, 0.29) is 24.2 Å². The zero-order valence-corrected chi connectivity index (χ0v) is 16.3. The summed E-state index contributed by atoms with van der Waals surface area (Å²) in [4.78, 5) is 25.4.